The lowest BCUT2D eigenvalue weighted by Crippen LogP contribution is -2.47. The molecule has 0 spiro atoms. The molecular formula is C17H20F2N2O2. The van der Waals surface area contributed by atoms with Gasteiger partial charge in [-0.25, -0.2) is 8.78 Å². The Morgan fingerprint density at radius 2 is 1.91 bits per heavy atom. The fourth-order valence-corrected chi connectivity index (χ4v) is 3.76. The maximum absolute atomic E-state index is 14.2. The lowest BCUT2D eigenvalue weighted by molar-refractivity contribution is -0.125. The first-order valence-corrected chi connectivity index (χ1v) is 8.03. The van der Waals surface area contributed by atoms with E-state index in [0.29, 0.717) is 25.7 Å². The predicted molar refractivity (Wildman–Crippen MR) is 80.7 cm³/mol. The average molecular weight is 322 g/mol. The normalized spacial score (nSPS) is 22.9. The molecule has 1 atom stereocenters. The summed E-state index contributed by atoms with van der Waals surface area (Å²) in [4.78, 5) is 23.4. The highest BCUT2D eigenvalue weighted by Gasteiger charge is 2.40. The van der Waals surface area contributed by atoms with E-state index in [1.807, 2.05) is 0 Å². The maximum atomic E-state index is 14.2. The van der Waals surface area contributed by atoms with Crippen LogP contribution >= 0.6 is 0 Å². The first kappa shape index (κ1) is 15.9. The van der Waals surface area contributed by atoms with Gasteiger partial charge in [-0.2, -0.15) is 0 Å². The Kier molecular flexibility index (Phi) is 4.33. The van der Waals surface area contributed by atoms with E-state index in [1.165, 1.54) is 18.2 Å². The van der Waals surface area contributed by atoms with Crippen LogP contribution in [0.4, 0.5) is 8.78 Å². The third kappa shape index (κ3) is 3.07. The van der Waals surface area contributed by atoms with Gasteiger partial charge in [0, 0.05) is 23.9 Å². The molecule has 6 heteroatoms. The van der Waals surface area contributed by atoms with Crippen molar-refractivity contribution in [3.05, 3.63) is 35.4 Å². The number of carbonyl (C=O) groups is 2. The molecule has 1 saturated heterocycles. The summed E-state index contributed by atoms with van der Waals surface area (Å²) in [6, 6.07) is 3.34. The van der Waals surface area contributed by atoms with Crippen molar-refractivity contribution in [1.29, 1.82) is 0 Å². The van der Waals surface area contributed by atoms with Crippen LogP contribution in [0.5, 0.6) is 0 Å². The molecule has 2 N–H and O–H groups in total. The molecule has 2 amide bonds. The first-order chi connectivity index (χ1) is 11.0. The van der Waals surface area contributed by atoms with Crippen molar-refractivity contribution in [2.75, 3.05) is 6.54 Å². The molecule has 0 aromatic heterocycles. The van der Waals surface area contributed by atoms with Gasteiger partial charge in [0.05, 0.1) is 0 Å². The van der Waals surface area contributed by atoms with Crippen LogP contribution < -0.4 is 10.6 Å². The summed E-state index contributed by atoms with van der Waals surface area (Å²) in [6.07, 6.45) is 3.84. The van der Waals surface area contributed by atoms with Crippen LogP contribution in [-0.4, -0.2) is 24.4 Å². The highest BCUT2D eigenvalue weighted by molar-refractivity contribution is 5.90. The molecule has 1 aromatic carbocycles. The number of hydrogen-bond acceptors (Lipinski definition) is 2. The van der Waals surface area contributed by atoms with Gasteiger partial charge in [-0.3, -0.25) is 9.59 Å². The van der Waals surface area contributed by atoms with E-state index in [-0.39, 0.29) is 23.9 Å². The average Bonchev–Trinajstić information content (AvgIpc) is 3.15. The van der Waals surface area contributed by atoms with Gasteiger partial charge in [0.15, 0.2) is 0 Å². The van der Waals surface area contributed by atoms with Crippen molar-refractivity contribution in [3.8, 4) is 0 Å². The van der Waals surface area contributed by atoms with E-state index in [4.69, 9.17) is 0 Å². The van der Waals surface area contributed by atoms with Gasteiger partial charge in [0.25, 0.3) is 0 Å². The molecule has 0 unspecified atom stereocenters. The van der Waals surface area contributed by atoms with E-state index < -0.39 is 23.1 Å². The molecular weight excluding hydrogens is 302 g/mol. The van der Waals surface area contributed by atoms with E-state index >= 15 is 0 Å². The van der Waals surface area contributed by atoms with Crippen LogP contribution in [0.3, 0.4) is 0 Å². The quantitative estimate of drug-likeness (QED) is 0.892. The number of rotatable bonds is 4. The second-order valence-electron chi connectivity index (χ2n) is 6.46. The predicted octanol–water partition coefficient (Wildman–Crippen LogP) is 2.17. The van der Waals surface area contributed by atoms with Gasteiger partial charge in [0.1, 0.15) is 17.7 Å². The maximum Gasteiger partial charge on any atom is 0.242 e. The highest BCUT2D eigenvalue weighted by Crippen LogP contribution is 2.42. The fourth-order valence-electron chi connectivity index (χ4n) is 3.76. The Morgan fingerprint density at radius 3 is 2.48 bits per heavy atom. The van der Waals surface area contributed by atoms with Gasteiger partial charge in [-0.05, 0) is 31.4 Å². The number of halogens is 2. The van der Waals surface area contributed by atoms with Crippen molar-refractivity contribution >= 4 is 11.8 Å². The van der Waals surface area contributed by atoms with E-state index in [9.17, 15) is 18.4 Å². The third-order valence-corrected chi connectivity index (χ3v) is 4.97. The van der Waals surface area contributed by atoms with Crippen molar-refractivity contribution in [3.63, 3.8) is 0 Å². The molecule has 1 heterocycles. The lowest BCUT2D eigenvalue weighted by atomic mass is 9.78. The van der Waals surface area contributed by atoms with Crippen LogP contribution in [0.1, 0.15) is 44.1 Å². The van der Waals surface area contributed by atoms with Gasteiger partial charge in [0.2, 0.25) is 11.8 Å². The van der Waals surface area contributed by atoms with Crippen LogP contribution in [-0.2, 0) is 15.0 Å². The minimum Gasteiger partial charge on any atom is -0.353 e. The molecule has 1 aromatic rings. The Bertz CT molecular complexity index is 607. The summed E-state index contributed by atoms with van der Waals surface area (Å²) in [6.45, 7) is 0.191. The highest BCUT2D eigenvalue weighted by atomic mass is 19.1. The molecule has 1 aliphatic carbocycles. The Labute approximate surface area is 133 Å². The molecule has 2 aliphatic rings. The molecule has 1 aliphatic heterocycles. The third-order valence-electron chi connectivity index (χ3n) is 4.97. The van der Waals surface area contributed by atoms with Crippen LogP contribution in [0.15, 0.2) is 18.2 Å². The summed E-state index contributed by atoms with van der Waals surface area (Å²) in [7, 11) is 0. The zero-order chi connectivity index (χ0) is 16.4. The number of hydrogen-bond donors (Lipinski definition) is 2. The van der Waals surface area contributed by atoms with E-state index in [0.717, 1.165) is 12.8 Å². The summed E-state index contributed by atoms with van der Waals surface area (Å²) < 4.78 is 28.4. The summed E-state index contributed by atoms with van der Waals surface area (Å²) in [5.74, 6) is -1.54. The Hall–Kier alpha value is -1.98. The van der Waals surface area contributed by atoms with Crippen molar-refractivity contribution in [1.82, 2.24) is 10.6 Å². The Balaban J connectivity index is 1.77. The molecule has 4 nitrogen and oxygen atoms in total. The molecule has 0 bridgehead atoms. The van der Waals surface area contributed by atoms with Gasteiger partial charge in [-0.15, -0.1) is 0 Å². The number of nitrogens with one attached hydrogen (secondary N) is 2. The second-order valence-corrected chi connectivity index (χ2v) is 6.46. The van der Waals surface area contributed by atoms with Gasteiger partial charge < -0.3 is 10.6 Å². The van der Waals surface area contributed by atoms with Crippen molar-refractivity contribution in [2.24, 2.45) is 0 Å². The summed E-state index contributed by atoms with van der Waals surface area (Å²) >= 11 is 0. The van der Waals surface area contributed by atoms with Crippen molar-refractivity contribution < 1.29 is 18.4 Å². The molecule has 23 heavy (non-hydrogen) atoms. The number of amides is 2. The fraction of sp³-hybridized carbons (Fsp3) is 0.529. The standard InChI is InChI=1S/C17H20F2N2O2/c18-11-4-3-5-12(19)15(11)17(8-1-2-9-17)10-20-16(23)13-6-7-14(22)21-13/h3-5,13H,1-2,6-10H2,(H,20,23)(H,21,22)/t13-/m0/s1. The van der Waals surface area contributed by atoms with Gasteiger partial charge in [-0.1, -0.05) is 18.9 Å². The van der Waals surface area contributed by atoms with Crippen LogP contribution in [0.25, 0.3) is 0 Å². The second kappa shape index (κ2) is 6.26. The van der Waals surface area contributed by atoms with Crippen molar-refractivity contribution in [2.45, 2.75) is 50.0 Å². The van der Waals surface area contributed by atoms with Crippen LogP contribution in [0.2, 0.25) is 0 Å². The molecule has 2 fully saturated rings. The molecule has 124 valence electrons. The molecule has 3 rings (SSSR count). The number of benzene rings is 1. The topological polar surface area (TPSA) is 58.2 Å². The first-order valence-electron chi connectivity index (χ1n) is 8.03. The zero-order valence-corrected chi connectivity index (χ0v) is 12.8. The number of carbonyl (C=O) groups excluding carboxylic acids is 2. The van der Waals surface area contributed by atoms with Crippen LogP contribution in [0, 0.1) is 11.6 Å². The summed E-state index contributed by atoms with van der Waals surface area (Å²) in [5, 5.41) is 5.40. The smallest absolute Gasteiger partial charge is 0.242 e. The summed E-state index contributed by atoms with van der Waals surface area (Å²) in [5.41, 5.74) is -0.624. The van der Waals surface area contributed by atoms with Gasteiger partial charge >= 0.3 is 0 Å². The minimum absolute atomic E-state index is 0.0771. The van der Waals surface area contributed by atoms with E-state index in [1.54, 1.807) is 0 Å². The zero-order valence-electron chi connectivity index (χ0n) is 12.8. The largest absolute Gasteiger partial charge is 0.353 e. The monoisotopic (exact) mass is 322 g/mol. The minimum atomic E-state index is -0.701. The van der Waals surface area contributed by atoms with E-state index in [2.05, 4.69) is 10.6 Å². The molecule has 1 saturated carbocycles. The SMILES string of the molecule is O=C1CC[C@@H](C(=O)NCC2(c3c(F)cccc3F)CCCC2)N1. The lowest BCUT2D eigenvalue weighted by Gasteiger charge is -2.31. The Morgan fingerprint density at radius 1 is 1.26 bits per heavy atom. The molecule has 0 radical (unpaired) electrons.